The van der Waals surface area contributed by atoms with Crippen molar-refractivity contribution < 1.29 is 14.0 Å². The van der Waals surface area contributed by atoms with Crippen molar-refractivity contribution in [3.05, 3.63) is 0 Å². The number of unbranched alkanes of at least 4 members (excludes halogenated alkanes) is 1. The number of halogens is 1. The van der Waals surface area contributed by atoms with E-state index in [1.165, 1.54) is 4.90 Å². The number of nitrogens with one attached hydrogen (secondary N) is 2. The van der Waals surface area contributed by atoms with Gasteiger partial charge in [-0.15, -0.1) is 0 Å². The predicted octanol–water partition coefficient (Wildman–Crippen LogP) is 2.05. The molecule has 0 spiro atoms. The Morgan fingerprint density at radius 3 is 2.48 bits per heavy atom. The standard InChI is InChI=1S/C20H31FN4O2/c1-2-3-10-23-18(27)19-4-7-20(8-5-19,9-6-19)24-13-17(26)25-14-15(21)11-16(25)12-22/h15-16,24H,2-11,13-14H2,1H3,(H,23,27). The SMILES string of the molecule is CCCCNC(=O)C12CCC(NCC(=O)N3CC(F)CC3C#N)(CC1)CC2. The lowest BCUT2D eigenvalue weighted by atomic mass is 9.57. The Balaban J connectivity index is 1.50. The largest absolute Gasteiger partial charge is 0.356 e. The van der Waals surface area contributed by atoms with Crippen molar-refractivity contribution in [1.82, 2.24) is 15.5 Å². The molecule has 2 N–H and O–H groups in total. The van der Waals surface area contributed by atoms with Crippen LogP contribution in [-0.4, -0.2) is 54.1 Å². The summed E-state index contributed by atoms with van der Waals surface area (Å²) in [4.78, 5) is 26.5. The normalized spacial score (nSPS) is 35.1. The molecule has 4 rings (SSSR count). The Bertz CT molecular complexity index is 593. The highest BCUT2D eigenvalue weighted by molar-refractivity contribution is 5.83. The van der Waals surface area contributed by atoms with Gasteiger partial charge in [-0.3, -0.25) is 9.59 Å². The molecule has 27 heavy (non-hydrogen) atoms. The molecule has 0 aromatic rings. The highest BCUT2D eigenvalue weighted by Gasteiger charge is 2.52. The van der Waals surface area contributed by atoms with Crippen LogP contribution in [0.4, 0.5) is 4.39 Å². The van der Waals surface area contributed by atoms with Crippen molar-refractivity contribution in [3.63, 3.8) is 0 Å². The molecule has 2 amide bonds. The quantitative estimate of drug-likeness (QED) is 0.664. The number of alkyl halides is 1. The van der Waals surface area contributed by atoms with Gasteiger partial charge in [0.15, 0.2) is 0 Å². The summed E-state index contributed by atoms with van der Waals surface area (Å²) in [6.45, 7) is 3.02. The van der Waals surface area contributed by atoms with Gasteiger partial charge >= 0.3 is 0 Å². The molecule has 4 fully saturated rings. The molecule has 0 radical (unpaired) electrons. The summed E-state index contributed by atoms with van der Waals surface area (Å²) in [5, 5.41) is 15.6. The minimum atomic E-state index is -1.10. The van der Waals surface area contributed by atoms with Gasteiger partial charge in [-0.05, 0) is 44.9 Å². The van der Waals surface area contributed by atoms with E-state index in [-0.39, 0.29) is 42.3 Å². The maximum absolute atomic E-state index is 13.5. The Morgan fingerprint density at radius 1 is 1.22 bits per heavy atom. The number of carbonyl (C=O) groups is 2. The molecule has 1 aliphatic heterocycles. The monoisotopic (exact) mass is 378 g/mol. The van der Waals surface area contributed by atoms with Crippen LogP contribution < -0.4 is 10.6 Å². The smallest absolute Gasteiger partial charge is 0.237 e. The van der Waals surface area contributed by atoms with Gasteiger partial charge < -0.3 is 15.5 Å². The summed E-state index contributed by atoms with van der Waals surface area (Å²) in [5.74, 6) is -0.000892. The van der Waals surface area contributed by atoms with Crippen LogP contribution in [0.25, 0.3) is 0 Å². The van der Waals surface area contributed by atoms with Crippen molar-refractivity contribution in [2.45, 2.75) is 82.5 Å². The lowest BCUT2D eigenvalue weighted by Crippen LogP contribution is -2.60. The fourth-order valence-corrected chi connectivity index (χ4v) is 4.90. The molecule has 1 saturated heterocycles. The molecule has 2 unspecified atom stereocenters. The van der Waals surface area contributed by atoms with Crippen LogP contribution in [0.3, 0.4) is 0 Å². The van der Waals surface area contributed by atoms with E-state index in [2.05, 4.69) is 17.6 Å². The molecule has 7 heteroatoms. The van der Waals surface area contributed by atoms with E-state index in [1.807, 2.05) is 6.07 Å². The first-order chi connectivity index (χ1) is 12.9. The number of amides is 2. The zero-order chi connectivity index (χ0) is 19.5. The van der Waals surface area contributed by atoms with E-state index in [0.29, 0.717) is 0 Å². The molecule has 1 heterocycles. The summed E-state index contributed by atoms with van der Waals surface area (Å²) in [5.41, 5.74) is -0.332. The van der Waals surface area contributed by atoms with Gasteiger partial charge in [0.05, 0.1) is 19.2 Å². The van der Waals surface area contributed by atoms with Gasteiger partial charge in [-0.2, -0.15) is 5.26 Å². The fraction of sp³-hybridized carbons (Fsp3) is 0.850. The third-order valence-electron chi connectivity index (χ3n) is 6.88. The molecule has 6 nitrogen and oxygen atoms in total. The zero-order valence-corrected chi connectivity index (χ0v) is 16.2. The third-order valence-corrected chi connectivity index (χ3v) is 6.88. The number of carbonyl (C=O) groups excluding carboxylic acids is 2. The third kappa shape index (κ3) is 4.11. The van der Waals surface area contributed by atoms with Gasteiger partial charge in [-0.25, -0.2) is 4.39 Å². The van der Waals surface area contributed by atoms with E-state index < -0.39 is 12.2 Å². The highest BCUT2D eigenvalue weighted by Crippen LogP contribution is 2.52. The van der Waals surface area contributed by atoms with E-state index in [1.54, 1.807) is 0 Å². The lowest BCUT2D eigenvalue weighted by Gasteiger charge is -2.53. The molecular weight excluding hydrogens is 347 g/mol. The van der Waals surface area contributed by atoms with Crippen LogP contribution in [0.5, 0.6) is 0 Å². The number of hydrogen-bond donors (Lipinski definition) is 2. The molecular formula is C20H31FN4O2. The predicted molar refractivity (Wildman–Crippen MR) is 99.4 cm³/mol. The average molecular weight is 378 g/mol. The first-order valence-corrected chi connectivity index (χ1v) is 10.3. The molecule has 3 saturated carbocycles. The second kappa shape index (κ2) is 8.14. The number of nitrogens with zero attached hydrogens (tertiary/aromatic N) is 2. The van der Waals surface area contributed by atoms with E-state index in [4.69, 9.17) is 5.26 Å². The first kappa shape index (κ1) is 20.1. The second-order valence-corrected chi connectivity index (χ2v) is 8.55. The maximum Gasteiger partial charge on any atom is 0.237 e. The molecule has 4 aliphatic rings. The van der Waals surface area contributed by atoms with Gasteiger partial charge in [0.25, 0.3) is 0 Å². The van der Waals surface area contributed by atoms with Crippen molar-refractivity contribution >= 4 is 11.8 Å². The maximum atomic E-state index is 13.5. The van der Waals surface area contributed by atoms with E-state index >= 15 is 0 Å². The fourth-order valence-electron chi connectivity index (χ4n) is 4.90. The number of fused-ring (bicyclic) bond motifs is 3. The Morgan fingerprint density at radius 2 is 1.89 bits per heavy atom. The molecule has 2 atom stereocenters. The molecule has 0 aromatic carbocycles. The van der Waals surface area contributed by atoms with E-state index in [9.17, 15) is 14.0 Å². The van der Waals surface area contributed by atoms with Crippen LogP contribution in [0.2, 0.25) is 0 Å². The first-order valence-electron chi connectivity index (χ1n) is 10.3. The van der Waals surface area contributed by atoms with Crippen LogP contribution in [0, 0.1) is 16.7 Å². The van der Waals surface area contributed by atoms with Gasteiger partial charge in [0.1, 0.15) is 12.2 Å². The van der Waals surface area contributed by atoms with Crippen molar-refractivity contribution in [3.8, 4) is 6.07 Å². The number of hydrogen-bond acceptors (Lipinski definition) is 4. The second-order valence-electron chi connectivity index (χ2n) is 8.55. The van der Waals surface area contributed by atoms with Crippen LogP contribution in [-0.2, 0) is 9.59 Å². The van der Waals surface area contributed by atoms with Crippen molar-refractivity contribution in [2.75, 3.05) is 19.6 Å². The van der Waals surface area contributed by atoms with Gasteiger partial charge in [0, 0.05) is 23.9 Å². The number of nitriles is 1. The molecule has 0 aromatic heterocycles. The average Bonchev–Trinajstić information content (AvgIpc) is 3.08. The Kier molecular flexibility index (Phi) is 6.05. The van der Waals surface area contributed by atoms with Gasteiger partial charge in [-0.1, -0.05) is 13.3 Å². The Hall–Kier alpha value is -1.68. The van der Waals surface area contributed by atoms with Crippen LogP contribution >= 0.6 is 0 Å². The Labute approximate surface area is 160 Å². The lowest BCUT2D eigenvalue weighted by molar-refractivity contribution is -0.139. The minimum absolute atomic E-state index is 0.0206. The summed E-state index contributed by atoms with van der Waals surface area (Å²) in [6, 6.07) is 1.38. The topological polar surface area (TPSA) is 85.2 Å². The minimum Gasteiger partial charge on any atom is -0.356 e. The van der Waals surface area contributed by atoms with Crippen LogP contribution in [0.15, 0.2) is 0 Å². The summed E-state index contributed by atoms with van der Waals surface area (Å²) in [6.07, 6.45) is 6.29. The highest BCUT2D eigenvalue weighted by atomic mass is 19.1. The zero-order valence-electron chi connectivity index (χ0n) is 16.2. The van der Waals surface area contributed by atoms with Crippen molar-refractivity contribution in [1.29, 1.82) is 5.26 Å². The summed E-state index contributed by atoms with van der Waals surface area (Å²) in [7, 11) is 0. The molecule has 150 valence electrons. The number of rotatable bonds is 7. The number of likely N-dealkylation sites (tertiary alicyclic amines) is 1. The van der Waals surface area contributed by atoms with E-state index in [0.717, 1.165) is 57.9 Å². The summed E-state index contributed by atoms with van der Waals surface area (Å²) < 4.78 is 13.5. The molecule has 3 aliphatic carbocycles. The van der Waals surface area contributed by atoms with Gasteiger partial charge in [0.2, 0.25) is 11.8 Å². The summed E-state index contributed by atoms with van der Waals surface area (Å²) >= 11 is 0. The molecule has 2 bridgehead atoms. The van der Waals surface area contributed by atoms with Crippen LogP contribution in [0.1, 0.15) is 64.7 Å². The van der Waals surface area contributed by atoms with Crippen molar-refractivity contribution in [2.24, 2.45) is 5.41 Å².